The average Bonchev–Trinajstić information content (AvgIpc) is 2.86. The minimum absolute atomic E-state index is 0.629. The van der Waals surface area contributed by atoms with Gasteiger partial charge in [-0.15, -0.1) is 0 Å². The van der Waals surface area contributed by atoms with Crippen LogP contribution in [0.15, 0.2) is 30.5 Å². The highest BCUT2D eigenvalue weighted by Crippen LogP contribution is 2.29. The van der Waals surface area contributed by atoms with Crippen LogP contribution in [0.2, 0.25) is 0 Å². The second-order valence-corrected chi connectivity index (χ2v) is 4.84. The van der Waals surface area contributed by atoms with Gasteiger partial charge in [0.1, 0.15) is 5.82 Å². The molecule has 1 aromatic carbocycles. The molecule has 0 aliphatic carbocycles. The molecular formula is C14H18N4. The number of benzene rings is 1. The molecule has 0 atom stereocenters. The Morgan fingerprint density at radius 2 is 1.83 bits per heavy atom. The molecule has 0 radical (unpaired) electrons. The van der Waals surface area contributed by atoms with Crippen molar-refractivity contribution in [3.8, 4) is 11.1 Å². The van der Waals surface area contributed by atoms with Gasteiger partial charge in [-0.25, -0.2) is 0 Å². The first-order valence-corrected chi connectivity index (χ1v) is 6.44. The van der Waals surface area contributed by atoms with Crippen molar-refractivity contribution in [3.63, 3.8) is 0 Å². The standard InChI is InChI=1S/C14H18N4/c15-14-13(9-17-18-14)12-3-1-10(2-4-12)11-5-7-16-8-6-11/h1-4,9,11,16H,5-8H2,(H3,15,17,18). The maximum atomic E-state index is 5.83. The Morgan fingerprint density at radius 1 is 1.11 bits per heavy atom. The van der Waals surface area contributed by atoms with Crippen LogP contribution in [0.3, 0.4) is 0 Å². The maximum absolute atomic E-state index is 5.83. The summed E-state index contributed by atoms with van der Waals surface area (Å²) < 4.78 is 0. The number of nitrogens with zero attached hydrogens (tertiary/aromatic N) is 1. The normalized spacial score (nSPS) is 16.9. The fraction of sp³-hybridized carbons (Fsp3) is 0.357. The number of rotatable bonds is 2. The zero-order valence-corrected chi connectivity index (χ0v) is 10.3. The number of hydrogen-bond donors (Lipinski definition) is 3. The molecule has 1 saturated heterocycles. The molecule has 4 heteroatoms. The molecule has 4 N–H and O–H groups in total. The van der Waals surface area contributed by atoms with E-state index in [1.165, 1.54) is 18.4 Å². The van der Waals surface area contributed by atoms with E-state index in [0.29, 0.717) is 11.7 Å². The zero-order chi connectivity index (χ0) is 12.4. The monoisotopic (exact) mass is 242 g/mol. The van der Waals surface area contributed by atoms with Crippen molar-refractivity contribution in [2.45, 2.75) is 18.8 Å². The van der Waals surface area contributed by atoms with Gasteiger partial charge in [-0.3, -0.25) is 5.10 Å². The Kier molecular flexibility index (Phi) is 3.02. The van der Waals surface area contributed by atoms with Crippen LogP contribution in [0.1, 0.15) is 24.3 Å². The number of hydrogen-bond acceptors (Lipinski definition) is 3. The second kappa shape index (κ2) is 4.82. The van der Waals surface area contributed by atoms with Gasteiger partial charge in [-0.1, -0.05) is 24.3 Å². The first kappa shape index (κ1) is 11.3. The lowest BCUT2D eigenvalue weighted by Crippen LogP contribution is -2.26. The minimum Gasteiger partial charge on any atom is -0.384 e. The highest BCUT2D eigenvalue weighted by atomic mass is 15.1. The van der Waals surface area contributed by atoms with Crippen molar-refractivity contribution in [2.24, 2.45) is 0 Å². The smallest absolute Gasteiger partial charge is 0.126 e. The van der Waals surface area contributed by atoms with E-state index < -0.39 is 0 Å². The largest absolute Gasteiger partial charge is 0.384 e. The predicted octanol–water partition coefficient (Wildman–Crippen LogP) is 2.13. The van der Waals surface area contributed by atoms with E-state index in [-0.39, 0.29) is 0 Å². The Hall–Kier alpha value is -1.81. The molecule has 1 aliphatic heterocycles. The van der Waals surface area contributed by atoms with Gasteiger partial charge in [0.25, 0.3) is 0 Å². The van der Waals surface area contributed by atoms with Crippen molar-refractivity contribution in [2.75, 3.05) is 18.8 Å². The van der Waals surface area contributed by atoms with E-state index in [0.717, 1.165) is 24.2 Å². The number of nitrogen functional groups attached to an aromatic ring is 1. The second-order valence-electron chi connectivity index (χ2n) is 4.84. The van der Waals surface area contributed by atoms with Crippen molar-refractivity contribution >= 4 is 5.82 Å². The molecule has 2 heterocycles. The number of nitrogens with one attached hydrogen (secondary N) is 2. The Balaban J connectivity index is 1.82. The average molecular weight is 242 g/mol. The van der Waals surface area contributed by atoms with Gasteiger partial charge in [0.05, 0.1) is 6.20 Å². The summed E-state index contributed by atoms with van der Waals surface area (Å²) in [6, 6.07) is 8.71. The fourth-order valence-electron chi connectivity index (χ4n) is 2.62. The molecule has 0 amide bonds. The first-order valence-electron chi connectivity index (χ1n) is 6.44. The van der Waals surface area contributed by atoms with Crippen LogP contribution in [0.5, 0.6) is 0 Å². The van der Waals surface area contributed by atoms with Gasteiger partial charge in [-0.05, 0) is 43.0 Å². The molecule has 4 nitrogen and oxygen atoms in total. The first-order chi connectivity index (χ1) is 8.84. The fourth-order valence-corrected chi connectivity index (χ4v) is 2.62. The van der Waals surface area contributed by atoms with Gasteiger partial charge in [0.15, 0.2) is 0 Å². The van der Waals surface area contributed by atoms with Crippen molar-refractivity contribution < 1.29 is 0 Å². The van der Waals surface area contributed by atoms with E-state index >= 15 is 0 Å². The summed E-state index contributed by atoms with van der Waals surface area (Å²) in [5.41, 5.74) is 9.36. The molecule has 0 saturated carbocycles. The molecule has 94 valence electrons. The van der Waals surface area contributed by atoms with Gasteiger partial charge in [0.2, 0.25) is 0 Å². The quantitative estimate of drug-likeness (QED) is 0.755. The topological polar surface area (TPSA) is 66.7 Å². The summed E-state index contributed by atoms with van der Waals surface area (Å²) in [5.74, 6) is 1.33. The molecule has 3 rings (SSSR count). The Bertz CT molecular complexity index is 509. The van der Waals surface area contributed by atoms with Crippen molar-refractivity contribution in [1.29, 1.82) is 0 Å². The summed E-state index contributed by atoms with van der Waals surface area (Å²) in [6.45, 7) is 2.25. The number of aromatic nitrogens is 2. The van der Waals surface area contributed by atoms with Crippen molar-refractivity contribution in [1.82, 2.24) is 15.5 Å². The molecular weight excluding hydrogens is 224 g/mol. The van der Waals surface area contributed by atoms with Crippen LogP contribution >= 0.6 is 0 Å². The van der Waals surface area contributed by atoms with Gasteiger partial charge in [0, 0.05) is 5.56 Å². The van der Waals surface area contributed by atoms with Gasteiger partial charge >= 0.3 is 0 Å². The molecule has 18 heavy (non-hydrogen) atoms. The summed E-state index contributed by atoms with van der Waals surface area (Å²) in [6.07, 6.45) is 4.23. The Labute approximate surface area is 107 Å². The molecule has 0 unspecified atom stereocenters. The van der Waals surface area contributed by atoms with E-state index in [4.69, 9.17) is 5.73 Å². The van der Waals surface area contributed by atoms with Crippen molar-refractivity contribution in [3.05, 3.63) is 36.0 Å². The van der Waals surface area contributed by atoms with Crippen LogP contribution < -0.4 is 11.1 Å². The summed E-state index contributed by atoms with van der Waals surface area (Å²) in [4.78, 5) is 0. The number of anilines is 1. The van der Waals surface area contributed by atoms with Gasteiger partial charge < -0.3 is 11.1 Å². The lowest BCUT2D eigenvalue weighted by Gasteiger charge is -2.23. The van der Waals surface area contributed by atoms with Crippen LogP contribution in [0, 0.1) is 0 Å². The summed E-state index contributed by atoms with van der Waals surface area (Å²) in [7, 11) is 0. The third-order valence-electron chi connectivity index (χ3n) is 3.70. The van der Waals surface area contributed by atoms with Gasteiger partial charge in [-0.2, -0.15) is 5.10 Å². The number of piperidine rings is 1. The Morgan fingerprint density at radius 3 is 2.44 bits per heavy atom. The van der Waals surface area contributed by atoms with Crippen LogP contribution in [-0.4, -0.2) is 23.3 Å². The SMILES string of the molecule is Nc1[nH]ncc1-c1ccc(C2CCNCC2)cc1. The van der Waals surface area contributed by atoms with E-state index in [1.54, 1.807) is 6.20 Å². The lowest BCUT2D eigenvalue weighted by atomic mass is 9.89. The lowest BCUT2D eigenvalue weighted by molar-refractivity contribution is 0.460. The summed E-state index contributed by atoms with van der Waals surface area (Å²) in [5, 5.41) is 10.1. The zero-order valence-electron chi connectivity index (χ0n) is 10.3. The molecule has 0 bridgehead atoms. The molecule has 2 aromatic rings. The highest BCUT2D eigenvalue weighted by Gasteiger charge is 2.15. The molecule has 1 aliphatic rings. The minimum atomic E-state index is 0.629. The third kappa shape index (κ3) is 2.11. The predicted molar refractivity (Wildman–Crippen MR) is 73.3 cm³/mol. The van der Waals surface area contributed by atoms with Crippen LogP contribution in [0.25, 0.3) is 11.1 Å². The van der Waals surface area contributed by atoms with E-state index in [1.807, 2.05) is 0 Å². The maximum Gasteiger partial charge on any atom is 0.126 e. The highest BCUT2D eigenvalue weighted by molar-refractivity contribution is 5.73. The third-order valence-corrected chi connectivity index (χ3v) is 3.70. The number of nitrogens with two attached hydrogens (primary N) is 1. The van der Waals surface area contributed by atoms with Crippen LogP contribution in [0.4, 0.5) is 5.82 Å². The van der Waals surface area contributed by atoms with Crippen LogP contribution in [-0.2, 0) is 0 Å². The number of H-pyrrole nitrogens is 1. The molecule has 1 fully saturated rings. The number of aromatic amines is 1. The van der Waals surface area contributed by atoms with E-state index in [9.17, 15) is 0 Å². The van der Waals surface area contributed by atoms with E-state index in [2.05, 4.69) is 39.8 Å². The summed E-state index contributed by atoms with van der Waals surface area (Å²) >= 11 is 0. The molecule has 1 aromatic heterocycles. The molecule has 0 spiro atoms.